The van der Waals surface area contributed by atoms with E-state index in [1.165, 1.54) is 50.7 Å². The molecule has 4 aromatic carbocycles. The molecule has 324 valence electrons. The van der Waals surface area contributed by atoms with Gasteiger partial charge in [-0.1, -0.05) is 48.5 Å². The third kappa shape index (κ3) is 13.0. The van der Waals surface area contributed by atoms with E-state index in [1.54, 1.807) is 0 Å². The van der Waals surface area contributed by atoms with Crippen LogP contribution in [-0.2, 0) is 38.1 Å². The SMILES string of the molecule is COC(=O)COc1ccc(C2CC(CC3CC(c4ccc(OCC(=O)OC)cc4)CC(c4ccc(OCC(=O)OC)cc4)C3)CC(c3ccc(OCC(=O)OC)cc3)C2)cc1. The van der Waals surface area contributed by atoms with Crippen LogP contribution >= 0.6 is 0 Å². The quantitative estimate of drug-likeness (QED) is 0.0703. The highest BCUT2D eigenvalue weighted by Crippen LogP contribution is 2.51. The zero-order valence-electron chi connectivity index (χ0n) is 35.4. The number of ether oxygens (including phenoxy) is 8. The van der Waals surface area contributed by atoms with E-state index < -0.39 is 23.9 Å². The number of benzene rings is 4. The van der Waals surface area contributed by atoms with Crippen molar-refractivity contribution in [3.63, 3.8) is 0 Å². The Morgan fingerprint density at radius 3 is 0.770 bits per heavy atom. The second kappa shape index (κ2) is 22.0. The summed E-state index contributed by atoms with van der Waals surface area (Å²) in [5.41, 5.74) is 4.95. The smallest absolute Gasteiger partial charge is 0.343 e. The number of methoxy groups -OCH3 is 4. The summed E-state index contributed by atoms with van der Waals surface area (Å²) in [6, 6.07) is 32.4. The van der Waals surface area contributed by atoms with Crippen molar-refractivity contribution in [3.05, 3.63) is 119 Å². The largest absolute Gasteiger partial charge is 0.482 e. The summed E-state index contributed by atoms with van der Waals surface area (Å²) < 4.78 is 41.6. The molecule has 2 aliphatic rings. The summed E-state index contributed by atoms with van der Waals surface area (Å²) in [5.74, 6) is 2.85. The van der Waals surface area contributed by atoms with Crippen molar-refractivity contribution in [3.8, 4) is 23.0 Å². The van der Waals surface area contributed by atoms with Crippen molar-refractivity contribution >= 4 is 23.9 Å². The third-order valence-corrected chi connectivity index (χ3v) is 12.0. The third-order valence-electron chi connectivity index (χ3n) is 12.0. The molecule has 12 heteroatoms. The molecule has 0 radical (unpaired) electrons. The Hall–Kier alpha value is -6.04. The van der Waals surface area contributed by atoms with E-state index >= 15 is 0 Å². The maximum atomic E-state index is 11.7. The molecule has 12 nitrogen and oxygen atoms in total. The molecule has 0 bridgehead atoms. The summed E-state index contributed by atoms with van der Waals surface area (Å²) in [6.45, 7) is -0.584. The van der Waals surface area contributed by atoms with Gasteiger partial charge in [-0.05, 0) is 151 Å². The van der Waals surface area contributed by atoms with E-state index in [4.69, 9.17) is 37.9 Å². The van der Waals surface area contributed by atoms with Gasteiger partial charge in [-0.25, -0.2) is 19.2 Å². The van der Waals surface area contributed by atoms with Gasteiger partial charge in [0.2, 0.25) is 0 Å². The molecule has 4 atom stereocenters. The molecule has 0 spiro atoms. The van der Waals surface area contributed by atoms with Crippen LogP contribution in [0.2, 0.25) is 0 Å². The highest BCUT2D eigenvalue weighted by Gasteiger charge is 2.36. The van der Waals surface area contributed by atoms with Crippen molar-refractivity contribution < 1.29 is 57.1 Å². The Labute approximate surface area is 357 Å². The molecular formula is C49H56O12. The lowest BCUT2D eigenvalue weighted by Gasteiger charge is -2.41. The molecule has 0 aliphatic heterocycles. The molecule has 0 amide bonds. The van der Waals surface area contributed by atoms with Crippen LogP contribution in [0.15, 0.2) is 97.1 Å². The van der Waals surface area contributed by atoms with Gasteiger partial charge in [-0.15, -0.1) is 0 Å². The predicted molar refractivity (Wildman–Crippen MR) is 226 cm³/mol. The minimum atomic E-state index is -0.431. The molecule has 2 fully saturated rings. The first-order valence-electron chi connectivity index (χ1n) is 20.8. The fourth-order valence-electron chi connectivity index (χ4n) is 8.97. The van der Waals surface area contributed by atoms with Crippen LogP contribution in [0.5, 0.6) is 23.0 Å². The van der Waals surface area contributed by atoms with Crippen molar-refractivity contribution in [2.75, 3.05) is 54.9 Å². The number of hydrogen-bond donors (Lipinski definition) is 0. The van der Waals surface area contributed by atoms with Crippen molar-refractivity contribution in [1.82, 2.24) is 0 Å². The second-order valence-corrected chi connectivity index (χ2v) is 15.9. The second-order valence-electron chi connectivity index (χ2n) is 15.9. The number of carbonyl (C=O) groups is 4. The number of esters is 4. The summed E-state index contributed by atoms with van der Waals surface area (Å²) in [5, 5.41) is 0. The van der Waals surface area contributed by atoms with Gasteiger partial charge in [0.15, 0.2) is 26.4 Å². The molecular weight excluding hydrogens is 781 g/mol. The van der Waals surface area contributed by atoms with Crippen LogP contribution < -0.4 is 18.9 Å². The van der Waals surface area contributed by atoms with Gasteiger partial charge in [0, 0.05) is 0 Å². The van der Waals surface area contributed by atoms with Crippen molar-refractivity contribution in [1.29, 1.82) is 0 Å². The minimum absolute atomic E-state index is 0.146. The van der Waals surface area contributed by atoms with Gasteiger partial charge in [0.05, 0.1) is 28.4 Å². The van der Waals surface area contributed by atoms with E-state index in [0.29, 0.717) is 58.5 Å². The highest BCUT2D eigenvalue weighted by atomic mass is 16.6. The van der Waals surface area contributed by atoms with Gasteiger partial charge < -0.3 is 37.9 Å². The van der Waals surface area contributed by atoms with Crippen molar-refractivity contribution in [2.24, 2.45) is 11.8 Å². The molecule has 4 unspecified atom stereocenters. The molecule has 0 heterocycles. The van der Waals surface area contributed by atoms with Gasteiger partial charge in [-0.2, -0.15) is 0 Å². The lowest BCUT2D eigenvalue weighted by molar-refractivity contribution is -0.143. The first-order valence-corrected chi connectivity index (χ1v) is 20.8. The number of hydrogen-bond acceptors (Lipinski definition) is 12. The summed E-state index contributed by atoms with van der Waals surface area (Å²) in [6.07, 6.45) is 7.21. The molecule has 61 heavy (non-hydrogen) atoms. The molecule has 6 rings (SSSR count). The maximum Gasteiger partial charge on any atom is 0.343 e. The Balaban J connectivity index is 1.23. The zero-order chi connectivity index (χ0) is 43.1. The lowest BCUT2D eigenvalue weighted by atomic mass is 9.64. The molecule has 2 saturated carbocycles. The highest BCUT2D eigenvalue weighted by molar-refractivity contribution is 5.72. The van der Waals surface area contributed by atoms with Crippen LogP contribution in [-0.4, -0.2) is 78.7 Å². The van der Waals surface area contributed by atoms with Crippen LogP contribution in [0.4, 0.5) is 0 Å². The van der Waals surface area contributed by atoms with E-state index in [9.17, 15) is 19.2 Å². The minimum Gasteiger partial charge on any atom is -0.482 e. The fraction of sp³-hybridized carbons (Fsp3) is 0.429. The van der Waals surface area contributed by atoms with Crippen LogP contribution in [0, 0.1) is 11.8 Å². The summed E-state index contributed by atoms with van der Waals surface area (Å²) in [7, 11) is 5.37. The van der Waals surface area contributed by atoms with E-state index in [2.05, 4.69) is 48.5 Å². The molecule has 0 N–H and O–H groups in total. The fourth-order valence-corrected chi connectivity index (χ4v) is 8.97. The number of carbonyl (C=O) groups excluding carboxylic acids is 4. The Kier molecular flexibility index (Phi) is 16.0. The number of rotatable bonds is 18. The Bertz CT molecular complexity index is 1740. The Morgan fingerprint density at radius 1 is 0.361 bits per heavy atom. The van der Waals surface area contributed by atoms with E-state index in [-0.39, 0.29) is 26.4 Å². The standard InChI is InChI=1S/C49H56O12/c1-54-46(50)28-58-42-13-5-34(6-14-42)38-22-32(23-39(26-38)35-7-15-43(16-8-35)59-29-47(51)55-2)21-33-24-40(36-9-17-44(18-10-36)60-30-48(52)56-3)27-41(25-33)37-11-19-45(20-12-37)61-31-49(53)57-4/h5-20,32-33,38-41H,21-31H2,1-4H3. The zero-order valence-corrected chi connectivity index (χ0v) is 35.4. The average molecular weight is 837 g/mol. The van der Waals surface area contributed by atoms with Gasteiger partial charge >= 0.3 is 23.9 Å². The summed E-state index contributed by atoms with van der Waals surface area (Å²) >= 11 is 0. The van der Waals surface area contributed by atoms with Gasteiger partial charge in [0.25, 0.3) is 0 Å². The maximum absolute atomic E-state index is 11.7. The van der Waals surface area contributed by atoms with Crippen molar-refractivity contribution in [2.45, 2.75) is 68.6 Å². The van der Waals surface area contributed by atoms with Gasteiger partial charge in [0.1, 0.15) is 23.0 Å². The average Bonchev–Trinajstić information content (AvgIpc) is 3.31. The first kappa shape index (κ1) is 44.5. The molecule has 0 saturated heterocycles. The molecule has 0 aromatic heterocycles. The van der Waals surface area contributed by atoms with Gasteiger partial charge in [-0.3, -0.25) is 0 Å². The lowest BCUT2D eigenvalue weighted by Crippen LogP contribution is -2.26. The summed E-state index contributed by atoms with van der Waals surface area (Å²) in [4.78, 5) is 46.8. The van der Waals surface area contributed by atoms with E-state index in [0.717, 1.165) is 44.9 Å². The van der Waals surface area contributed by atoms with Crippen LogP contribution in [0.3, 0.4) is 0 Å². The first-order chi connectivity index (χ1) is 29.6. The van der Waals surface area contributed by atoms with Crippen LogP contribution in [0.1, 0.15) is 90.9 Å². The van der Waals surface area contributed by atoms with E-state index in [1.807, 2.05) is 48.5 Å². The van der Waals surface area contributed by atoms with Crippen LogP contribution in [0.25, 0.3) is 0 Å². The molecule has 4 aromatic rings. The topological polar surface area (TPSA) is 142 Å². The monoisotopic (exact) mass is 836 g/mol. The molecule has 2 aliphatic carbocycles. The Morgan fingerprint density at radius 2 is 0.574 bits per heavy atom. The predicted octanol–water partition coefficient (Wildman–Crippen LogP) is 8.32. The normalized spacial score (nSPS) is 21.0.